The summed E-state index contributed by atoms with van der Waals surface area (Å²) in [4.78, 5) is 0. The van der Waals surface area contributed by atoms with E-state index < -0.39 is 0 Å². The van der Waals surface area contributed by atoms with Crippen LogP contribution in [0.5, 0.6) is 5.75 Å². The SMILES string of the molecule is CCOc1ccccc1NC1CCc2ccccc2C1. The minimum Gasteiger partial charge on any atom is -0.492 e. The second-order valence-electron chi connectivity index (χ2n) is 5.28. The van der Waals surface area contributed by atoms with Crippen LogP contribution in [0, 0.1) is 0 Å². The Bertz CT molecular complexity index is 579. The molecule has 0 amide bonds. The lowest BCUT2D eigenvalue weighted by Gasteiger charge is -2.27. The molecule has 1 aliphatic carbocycles. The molecule has 3 rings (SSSR count). The maximum absolute atomic E-state index is 5.69. The summed E-state index contributed by atoms with van der Waals surface area (Å²) in [5.74, 6) is 0.953. The Morgan fingerprint density at radius 3 is 2.65 bits per heavy atom. The van der Waals surface area contributed by atoms with E-state index in [0.29, 0.717) is 12.6 Å². The van der Waals surface area contributed by atoms with Crippen molar-refractivity contribution in [3.8, 4) is 5.75 Å². The zero-order valence-corrected chi connectivity index (χ0v) is 11.9. The van der Waals surface area contributed by atoms with E-state index in [1.54, 1.807) is 0 Å². The minimum absolute atomic E-state index is 0.492. The molecule has 0 saturated carbocycles. The second-order valence-corrected chi connectivity index (χ2v) is 5.28. The van der Waals surface area contributed by atoms with Gasteiger partial charge in [0.05, 0.1) is 12.3 Å². The van der Waals surface area contributed by atoms with Gasteiger partial charge in [0.1, 0.15) is 5.75 Å². The number of hydrogen-bond acceptors (Lipinski definition) is 2. The average Bonchev–Trinajstić information content (AvgIpc) is 2.49. The first-order valence-corrected chi connectivity index (χ1v) is 7.42. The molecule has 1 aliphatic rings. The van der Waals surface area contributed by atoms with Gasteiger partial charge in [-0.1, -0.05) is 36.4 Å². The van der Waals surface area contributed by atoms with Crippen molar-refractivity contribution >= 4 is 5.69 Å². The van der Waals surface area contributed by atoms with Crippen molar-refractivity contribution < 1.29 is 4.74 Å². The Kier molecular flexibility index (Phi) is 3.91. The van der Waals surface area contributed by atoms with Gasteiger partial charge in [-0.05, 0) is 49.4 Å². The fourth-order valence-electron chi connectivity index (χ4n) is 2.91. The van der Waals surface area contributed by atoms with E-state index in [2.05, 4.69) is 41.7 Å². The summed E-state index contributed by atoms with van der Waals surface area (Å²) in [6, 6.07) is 17.5. The lowest BCUT2D eigenvalue weighted by molar-refractivity contribution is 0.341. The van der Waals surface area contributed by atoms with Gasteiger partial charge in [-0.15, -0.1) is 0 Å². The van der Waals surface area contributed by atoms with Crippen molar-refractivity contribution in [2.24, 2.45) is 0 Å². The highest BCUT2D eigenvalue weighted by Gasteiger charge is 2.18. The fourth-order valence-corrected chi connectivity index (χ4v) is 2.91. The van der Waals surface area contributed by atoms with Gasteiger partial charge in [-0.3, -0.25) is 0 Å². The molecule has 0 fully saturated rings. The third kappa shape index (κ3) is 2.79. The number of nitrogens with one attached hydrogen (secondary N) is 1. The molecule has 2 aromatic rings. The Morgan fingerprint density at radius 1 is 1.05 bits per heavy atom. The molecule has 0 aliphatic heterocycles. The zero-order chi connectivity index (χ0) is 13.8. The van der Waals surface area contributed by atoms with Crippen molar-refractivity contribution in [2.75, 3.05) is 11.9 Å². The Hall–Kier alpha value is -1.96. The van der Waals surface area contributed by atoms with Crippen molar-refractivity contribution in [1.82, 2.24) is 0 Å². The first kappa shape index (κ1) is 13.0. The van der Waals surface area contributed by atoms with Gasteiger partial charge in [0.25, 0.3) is 0 Å². The van der Waals surface area contributed by atoms with E-state index in [9.17, 15) is 0 Å². The predicted octanol–water partition coefficient (Wildman–Crippen LogP) is 4.05. The summed E-state index contributed by atoms with van der Waals surface area (Å²) in [6.07, 6.45) is 3.43. The average molecular weight is 267 g/mol. The number of aryl methyl sites for hydroxylation is 1. The molecule has 20 heavy (non-hydrogen) atoms. The van der Waals surface area contributed by atoms with Crippen molar-refractivity contribution in [1.29, 1.82) is 0 Å². The number of fused-ring (bicyclic) bond motifs is 1. The van der Waals surface area contributed by atoms with Crippen LogP contribution in [0.2, 0.25) is 0 Å². The minimum atomic E-state index is 0.492. The third-order valence-electron chi connectivity index (χ3n) is 3.89. The molecule has 1 atom stereocenters. The van der Waals surface area contributed by atoms with E-state index in [4.69, 9.17) is 4.74 Å². The Labute approximate surface area is 120 Å². The molecule has 1 unspecified atom stereocenters. The summed E-state index contributed by atoms with van der Waals surface area (Å²) in [5, 5.41) is 3.65. The molecule has 2 heteroatoms. The van der Waals surface area contributed by atoms with Crippen LogP contribution in [0.4, 0.5) is 5.69 Å². The topological polar surface area (TPSA) is 21.3 Å². The molecule has 0 aromatic heterocycles. The number of para-hydroxylation sites is 2. The lowest BCUT2D eigenvalue weighted by Crippen LogP contribution is -2.27. The molecule has 0 saturated heterocycles. The van der Waals surface area contributed by atoms with Crippen LogP contribution in [0.3, 0.4) is 0 Å². The Morgan fingerprint density at radius 2 is 1.80 bits per heavy atom. The molecule has 0 heterocycles. The van der Waals surface area contributed by atoms with Gasteiger partial charge in [0.2, 0.25) is 0 Å². The molecular weight excluding hydrogens is 246 g/mol. The highest BCUT2D eigenvalue weighted by atomic mass is 16.5. The van der Waals surface area contributed by atoms with Crippen LogP contribution in [-0.4, -0.2) is 12.6 Å². The first-order valence-electron chi connectivity index (χ1n) is 7.42. The molecule has 0 bridgehead atoms. The second kappa shape index (κ2) is 6.00. The van der Waals surface area contributed by atoms with Crippen LogP contribution in [0.15, 0.2) is 48.5 Å². The van der Waals surface area contributed by atoms with E-state index in [1.165, 1.54) is 17.5 Å². The van der Waals surface area contributed by atoms with Gasteiger partial charge in [0, 0.05) is 6.04 Å². The maximum Gasteiger partial charge on any atom is 0.142 e. The molecule has 2 nitrogen and oxygen atoms in total. The smallest absolute Gasteiger partial charge is 0.142 e. The van der Waals surface area contributed by atoms with Gasteiger partial charge >= 0.3 is 0 Å². The summed E-state index contributed by atoms with van der Waals surface area (Å²) in [6.45, 7) is 2.72. The quantitative estimate of drug-likeness (QED) is 0.902. The standard InChI is InChI=1S/C18H21NO/c1-2-20-18-10-6-5-9-17(18)19-16-12-11-14-7-3-4-8-15(14)13-16/h3-10,16,19H,2,11-13H2,1H3. The lowest BCUT2D eigenvalue weighted by atomic mass is 9.88. The van der Waals surface area contributed by atoms with E-state index in [1.807, 2.05) is 19.1 Å². The monoisotopic (exact) mass is 267 g/mol. The van der Waals surface area contributed by atoms with Gasteiger partial charge in [-0.25, -0.2) is 0 Å². The summed E-state index contributed by atoms with van der Waals surface area (Å²) in [7, 11) is 0. The largest absolute Gasteiger partial charge is 0.492 e. The van der Waals surface area contributed by atoms with Gasteiger partial charge < -0.3 is 10.1 Å². The number of rotatable bonds is 4. The normalized spacial score (nSPS) is 17.4. The summed E-state index contributed by atoms with van der Waals surface area (Å²) in [5.41, 5.74) is 4.09. The maximum atomic E-state index is 5.69. The van der Waals surface area contributed by atoms with E-state index in [-0.39, 0.29) is 0 Å². The fraction of sp³-hybridized carbons (Fsp3) is 0.333. The number of ether oxygens (including phenoxy) is 1. The summed E-state index contributed by atoms with van der Waals surface area (Å²) < 4.78 is 5.69. The molecule has 0 radical (unpaired) electrons. The number of hydrogen-bond donors (Lipinski definition) is 1. The van der Waals surface area contributed by atoms with Crippen molar-refractivity contribution in [2.45, 2.75) is 32.2 Å². The van der Waals surface area contributed by atoms with Crippen LogP contribution in [0.25, 0.3) is 0 Å². The van der Waals surface area contributed by atoms with Crippen LogP contribution in [0.1, 0.15) is 24.5 Å². The molecule has 1 N–H and O–H groups in total. The third-order valence-corrected chi connectivity index (χ3v) is 3.89. The first-order chi connectivity index (χ1) is 9.86. The molecule has 2 aromatic carbocycles. The highest BCUT2D eigenvalue weighted by molar-refractivity contribution is 5.57. The molecular formula is C18H21NO. The number of anilines is 1. The molecule has 0 spiro atoms. The molecule has 104 valence electrons. The predicted molar refractivity (Wildman–Crippen MR) is 83.5 cm³/mol. The van der Waals surface area contributed by atoms with Gasteiger partial charge in [-0.2, -0.15) is 0 Å². The Balaban J connectivity index is 1.74. The van der Waals surface area contributed by atoms with Gasteiger partial charge in [0.15, 0.2) is 0 Å². The highest BCUT2D eigenvalue weighted by Crippen LogP contribution is 2.28. The summed E-state index contributed by atoms with van der Waals surface area (Å²) >= 11 is 0. The van der Waals surface area contributed by atoms with Crippen LogP contribution >= 0.6 is 0 Å². The van der Waals surface area contributed by atoms with Crippen molar-refractivity contribution in [3.05, 3.63) is 59.7 Å². The van der Waals surface area contributed by atoms with Crippen LogP contribution < -0.4 is 10.1 Å². The van der Waals surface area contributed by atoms with E-state index in [0.717, 1.165) is 24.3 Å². The van der Waals surface area contributed by atoms with Crippen molar-refractivity contribution in [3.63, 3.8) is 0 Å². The van der Waals surface area contributed by atoms with E-state index >= 15 is 0 Å². The zero-order valence-electron chi connectivity index (χ0n) is 11.9. The van der Waals surface area contributed by atoms with Crippen LogP contribution in [-0.2, 0) is 12.8 Å². The number of benzene rings is 2.